The van der Waals surface area contributed by atoms with Gasteiger partial charge in [-0.05, 0) is 43.4 Å². The summed E-state index contributed by atoms with van der Waals surface area (Å²) >= 11 is 0. The Hall–Kier alpha value is -2.40. The van der Waals surface area contributed by atoms with Crippen LogP contribution in [0.4, 0.5) is 5.82 Å². The van der Waals surface area contributed by atoms with Crippen LogP contribution in [-0.4, -0.2) is 37.2 Å². The summed E-state index contributed by atoms with van der Waals surface area (Å²) in [6.45, 7) is 2.81. The molecule has 3 rings (SSSR count). The summed E-state index contributed by atoms with van der Waals surface area (Å²) in [7, 11) is 0. The minimum absolute atomic E-state index is 0.129. The first kappa shape index (κ1) is 18.4. The van der Waals surface area contributed by atoms with Crippen molar-refractivity contribution < 1.29 is 9.53 Å². The van der Waals surface area contributed by atoms with Gasteiger partial charge < -0.3 is 15.4 Å². The van der Waals surface area contributed by atoms with E-state index < -0.39 is 5.41 Å². The molecule has 1 fully saturated rings. The largest absolute Gasteiger partial charge is 0.381 e. The Morgan fingerprint density at radius 1 is 1.00 bits per heavy atom. The molecule has 26 heavy (non-hydrogen) atoms. The molecule has 1 aliphatic rings. The SMILES string of the molecule is O=C(NCCCCNc1ccccn1)C1(c2ccccc2)CCOCC1. The third-order valence-corrected chi connectivity index (χ3v) is 4.97. The topological polar surface area (TPSA) is 63.2 Å². The molecular formula is C21H27N3O2. The molecule has 0 radical (unpaired) electrons. The summed E-state index contributed by atoms with van der Waals surface area (Å²) in [6, 6.07) is 15.9. The molecule has 2 aromatic rings. The molecule has 2 N–H and O–H groups in total. The fraction of sp³-hybridized carbons (Fsp3) is 0.429. The van der Waals surface area contributed by atoms with E-state index in [9.17, 15) is 4.79 Å². The number of anilines is 1. The number of amides is 1. The lowest BCUT2D eigenvalue weighted by atomic mass is 9.73. The average molecular weight is 353 g/mol. The lowest BCUT2D eigenvalue weighted by Crippen LogP contribution is -2.48. The van der Waals surface area contributed by atoms with Gasteiger partial charge in [-0.15, -0.1) is 0 Å². The molecule has 5 nitrogen and oxygen atoms in total. The van der Waals surface area contributed by atoms with Crippen LogP contribution in [0.2, 0.25) is 0 Å². The fourth-order valence-electron chi connectivity index (χ4n) is 3.43. The maximum Gasteiger partial charge on any atom is 0.230 e. The van der Waals surface area contributed by atoms with Crippen LogP contribution in [0.15, 0.2) is 54.7 Å². The number of hydrogen-bond donors (Lipinski definition) is 2. The second kappa shape index (κ2) is 9.34. The van der Waals surface area contributed by atoms with Gasteiger partial charge in [-0.3, -0.25) is 4.79 Å². The van der Waals surface area contributed by atoms with E-state index in [1.54, 1.807) is 6.20 Å². The predicted octanol–water partition coefficient (Wildman–Crippen LogP) is 3.14. The van der Waals surface area contributed by atoms with Crippen LogP contribution in [0.3, 0.4) is 0 Å². The molecule has 1 aliphatic heterocycles. The first-order chi connectivity index (χ1) is 12.8. The number of nitrogens with one attached hydrogen (secondary N) is 2. The smallest absolute Gasteiger partial charge is 0.230 e. The summed E-state index contributed by atoms with van der Waals surface area (Å²) in [6.07, 6.45) is 5.18. The highest BCUT2D eigenvalue weighted by molar-refractivity contribution is 5.88. The Morgan fingerprint density at radius 2 is 1.73 bits per heavy atom. The van der Waals surface area contributed by atoms with Gasteiger partial charge in [0.05, 0.1) is 5.41 Å². The number of aromatic nitrogens is 1. The van der Waals surface area contributed by atoms with Gasteiger partial charge in [0, 0.05) is 32.5 Å². The second-order valence-electron chi connectivity index (χ2n) is 6.67. The first-order valence-electron chi connectivity index (χ1n) is 9.38. The highest BCUT2D eigenvalue weighted by Crippen LogP contribution is 2.35. The molecular weight excluding hydrogens is 326 g/mol. The summed E-state index contributed by atoms with van der Waals surface area (Å²) in [5.41, 5.74) is 0.642. The summed E-state index contributed by atoms with van der Waals surface area (Å²) in [5.74, 6) is 1.02. The van der Waals surface area contributed by atoms with Gasteiger partial charge in [-0.2, -0.15) is 0 Å². The lowest BCUT2D eigenvalue weighted by molar-refractivity contribution is -0.130. The highest BCUT2D eigenvalue weighted by Gasteiger charge is 2.41. The van der Waals surface area contributed by atoms with E-state index in [4.69, 9.17) is 4.74 Å². The predicted molar refractivity (Wildman–Crippen MR) is 103 cm³/mol. The summed E-state index contributed by atoms with van der Waals surface area (Å²) in [4.78, 5) is 17.2. The number of carbonyl (C=O) groups is 1. The monoisotopic (exact) mass is 353 g/mol. The van der Waals surface area contributed by atoms with Crippen molar-refractivity contribution in [2.24, 2.45) is 0 Å². The number of pyridine rings is 1. The molecule has 0 saturated carbocycles. The maximum atomic E-state index is 13.0. The zero-order valence-electron chi connectivity index (χ0n) is 15.1. The van der Waals surface area contributed by atoms with Crippen LogP contribution in [0.1, 0.15) is 31.2 Å². The molecule has 5 heteroatoms. The van der Waals surface area contributed by atoms with Crippen LogP contribution >= 0.6 is 0 Å². The molecule has 0 bridgehead atoms. The molecule has 1 aromatic heterocycles. The van der Waals surface area contributed by atoms with Crippen LogP contribution in [-0.2, 0) is 14.9 Å². The van der Waals surface area contributed by atoms with E-state index >= 15 is 0 Å². The van der Waals surface area contributed by atoms with E-state index in [-0.39, 0.29) is 5.91 Å². The van der Waals surface area contributed by atoms with Crippen LogP contribution in [0.25, 0.3) is 0 Å². The van der Waals surface area contributed by atoms with Crippen LogP contribution < -0.4 is 10.6 Å². The molecule has 0 aliphatic carbocycles. The molecule has 1 saturated heterocycles. The van der Waals surface area contributed by atoms with E-state index in [0.717, 1.165) is 43.6 Å². The third kappa shape index (κ3) is 4.61. The second-order valence-corrected chi connectivity index (χ2v) is 6.67. The van der Waals surface area contributed by atoms with Crippen LogP contribution in [0, 0.1) is 0 Å². The molecule has 1 aromatic carbocycles. The summed E-state index contributed by atoms with van der Waals surface area (Å²) < 4.78 is 5.50. The Morgan fingerprint density at radius 3 is 2.46 bits per heavy atom. The third-order valence-electron chi connectivity index (χ3n) is 4.97. The van der Waals surface area contributed by atoms with Gasteiger partial charge in [-0.25, -0.2) is 4.98 Å². The van der Waals surface area contributed by atoms with E-state index in [1.165, 1.54) is 0 Å². The molecule has 1 amide bonds. The summed E-state index contributed by atoms with van der Waals surface area (Å²) in [5, 5.41) is 6.44. The van der Waals surface area contributed by atoms with Gasteiger partial charge in [0.15, 0.2) is 0 Å². The Kier molecular flexibility index (Phi) is 6.61. The lowest BCUT2D eigenvalue weighted by Gasteiger charge is -2.36. The fourth-order valence-corrected chi connectivity index (χ4v) is 3.43. The first-order valence-corrected chi connectivity index (χ1v) is 9.38. The number of hydrogen-bond acceptors (Lipinski definition) is 4. The van der Waals surface area contributed by atoms with E-state index in [2.05, 4.69) is 27.8 Å². The van der Waals surface area contributed by atoms with Gasteiger partial charge >= 0.3 is 0 Å². The van der Waals surface area contributed by atoms with Gasteiger partial charge in [0.25, 0.3) is 0 Å². The number of rotatable bonds is 8. The molecule has 0 unspecified atom stereocenters. The highest BCUT2D eigenvalue weighted by atomic mass is 16.5. The Balaban J connectivity index is 1.46. The zero-order chi connectivity index (χ0) is 18.1. The van der Waals surface area contributed by atoms with Crippen LogP contribution in [0.5, 0.6) is 0 Å². The maximum absolute atomic E-state index is 13.0. The van der Waals surface area contributed by atoms with Gasteiger partial charge in [0.2, 0.25) is 5.91 Å². The quantitative estimate of drug-likeness (QED) is 0.716. The van der Waals surface area contributed by atoms with Crippen molar-refractivity contribution >= 4 is 11.7 Å². The minimum atomic E-state index is -0.453. The average Bonchev–Trinajstić information content (AvgIpc) is 2.72. The van der Waals surface area contributed by atoms with E-state index in [0.29, 0.717) is 19.8 Å². The van der Waals surface area contributed by atoms with Gasteiger partial charge in [-0.1, -0.05) is 36.4 Å². The van der Waals surface area contributed by atoms with Crippen molar-refractivity contribution in [2.75, 3.05) is 31.6 Å². The van der Waals surface area contributed by atoms with Crippen molar-refractivity contribution in [1.29, 1.82) is 0 Å². The number of carbonyl (C=O) groups excluding carboxylic acids is 1. The Labute approximate surface area is 155 Å². The standard InChI is InChI=1S/C21H27N3O2/c25-20(24-15-7-6-14-23-19-10-4-5-13-22-19)21(11-16-26-17-12-21)18-8-2-1-3-9-18/h1-5,8-10,13H,6-7,11-12,14-17H2,(H,22,23)(H,24,25). The van der Waals surface area contributed by atoms with Gasteiger partial charge in [0.1, 0.15) is 5.82 Å². The van der Waals surface area contributed by atoms with Crippen molar-refractivity contribution in [1.82, 2.24) is 10.3 Å². The minimum Gasteiger partial charge on any atom is -0.381 e. The van der Waals surface area contributed by atoms with Crippen molar-refractivity contribution in [3.05, 3.63) is 60.3 Å². The molecule has 0 spiro atoms. The zero-order valence-corrected chi connectivity index (χ0v) is 15.1. The van der Waals surface area contributed by atoms with E-state index in [1.807, 2.05) is 36.4 Å². The number of nitrogens with zero attached hydrogens (tertiary/aromatic N) is 1. The normalized spacial score (nSPS) is 16.0. The molecule has 2 heterocycles. The molecule has 0 atom stereocenters. The Bertz CT molecular complexity index is 670. The number of benzene rings is 1. The molecule has 138 valence electrons. The van der Waals surface area contributed by atoms with Crippen molar-refractivity contribution in [3.63, 3.8) is 0 Å². The number of ether oxygens (including phenoxy) is 1. The number of unbranched alkanes of at least 4 members (excludes halogenated alkanes) is 1. The van der Waals surface area contributed by atoms with Crippen molar-refractivity contribution in [3.8, 4) is 0 Å². The van der Waals surface area contributed by atoms with Crippen molar-refractivity contribution in [2.45, 2.75) is 31.1 Å².